The third-order valence-corrected chi connectivity index (χ3v) is 4.58. The quantitative estimate of drug-likeness (QED) is 0.648. The van der Waals surface area contributed by atoms with Gasteiger partial charge in [-0.15, -0.1) is 0 Å². The number of esters is 1. The van der Waals surface area contributed by atoms with Crippen molar-refractivity contribution in [2.45, 2.75) is 12.5 Å². The Bertz CT molecular complexity index is 968. The van der Waals surface area contributed by atoms with Gasteiger partial charge in [0.2, 0.25) is 0 Å². The zero-order valence-corrected chi connectivity index (χ0v) is 16.3. The molecule has 1 unspecified atom stereocenters. The molecule has 0 bridgehead atoms. The van der Waals surface area contributed by atoms with Gasteiger partial charge in [0.05, 0.1) is 12.8 Å². The van der Waals surface area contributed by atoms with E-state index in [1.165, 1.54) is 11.8 Å². The van der Waals surface area contributed by atoms with E-state index in [1.807, 2.05) is 42.5 Å². The second kappa shape index (κ2) is 8.71. The number of halogens is 1. The molecule has 0 fully saturated rings. The minimum Gasteiger partial charge on any atom is -0.467 e. The normalized spacial score (nSPS) is 11.7. The number of benzene rings is 2. The van der Waals surface area contributed by atoms with Gasteiger partial charge < -0.3 is 10.1 Å². The molecule has 3 rings (SSSR count). The second-order valence-electron chi connectivity index (χ2n) is 6.28. The van der Waals surface area contributed by atoms with Crippen LogP contribution in [-0.4, -0.2) is 34.8 Å². The summed E-state index contributed by atoms with van der Waals surface area (Å²) >= 11 is 5.92. The molecule has 0 aliphatic rings. The van der Waals surface area contributed by atoms with E-state index in [9.17, 15) is 9.59 Å². The standard InChI is InChI=1S/C21H20ClN3O3/c1-25-19(13-17(24-25)15-8-10-16(22)11-9-15)20(26)23-18(21(27)28-2)12-14-6-4-3-5-7-14/h3-11,13,18H,12H2,1-2H3,(H,23,26). The molecule has 0 aliphatic heterocycles. The number of carbonyl (C=O) groups is 2. The van der Waals surface area contributed by atoms with E-state index in [0.29, 0.717) is 22.8 Å². The Hall–Kier alpha value is -3.12. The van der Waals surface area contributed by atoms with Crippen LogP contribution in [0.3, 0.4) is 0 Å². The SMILES string of the molecule is COC(=O)C(Cc1ccccc1)NC(=O)c1cc(-c2ccc(Cl)cc2)nn1C. The van der Waals surface area contributed by atoms with E-state index in [2.05, 4.69) is 10.4 Å². The lowest BCUT2D eigenvalue weighted by atomic mass is 10.1. The minimum atomic E-state index is -0.797. The Morgan fingerprint density at radius 1 is 1.14 bits per heavy atom. The van der Waals surface area contributed by atoms with E-state index >= 15 is 0 Å². The van der Waals surface area contributed by atoms with Gasteiger partial charge in [-0.2, -0.15) is 5.10 Å². The fourth-order valence-corrected chi connectivity index (χ4v) is 2.98. The van der Waals surface area contributed by atoms with E-state index in [0.717, 1.165) is 11.1 Å². The van der Waals surface area contributed by atoms with Crippen molar-refractivity contribution in [3.05, 3.63) is 76.9 Å². The first-order chi connectivity index (χ1) is 13.5. The molecule has 6 nitrogen and oxygen atoms in total. The maximum absolute atomic E-state index is 12.8. The molecule has 1 atom stereocenters. The van der Waals surface area contributed by atoms with Crippen molar-refractivity contribution in [3.63, 3.8) is 0 Å². The average Bonchev–Trinajstić information content (AvgIpc) is 3.10. The van der Waals surface area contributed by atoms with E-state index in [1.54, 1.807) is 25.2 Å². The largest absolute Gasteiger partial charge is 0.467 e. The van der Waals surface area contributed by atoms with Gasteiger partial charge in [-0.25, -0.2) is 4.79 Å². The van der Waals surface area contributed by atoms with Gasteiger partial charge in [0, 0.05) is 24.1 Å². The van der Waals surface area contributed by atoms with Crippen LogP contribution in [0.4, 0.5) is 0 Å². The zero-order chi connectivity index (χ0) is 20.1. The van der Waals surface area contributed by atoms with Crippen LogP contribution < -0.4 is 5.32 Å². The molecule has 0 radical (unpaired) electrons. The maximum Gasteiger partial charge on any atom is 0.328 e. The summed E-state index contributed by atoms with van der Waals surface area (Å²) in [5, 5.41) is 7.76. The predicted molar refractivity (Wildman–Crippen MR) is 107 cm³/mol. The molecule has 0 saturated heterocycles. The summed E-state index contributed by atoms with van der Waals surface area (Å²) in [4.78, 5) is 24.9. The Labute approximate surface area is 168 Å². The number of hydrogen-bond donors (Lipinski definition) is 1. The van der Waals surface area contributed by atoms with E-state index < -0.39 is 17.9 Å². The van der Waals surface area contributed by atoms with Gasteiger partial charge in [-0.05, 0) is 23.8 Å². The van der Waals surface area contributed by atoms with Crippen molar-refractivity contribution in [1.29, 1.82) is 0 Å². The molecule has 1 amide bonds. The molecule has 1 N–H and O–H groups in total. The van der Waals surface area contributed by atoms with Crippen molar-refractivity contribution < 1.29 is 14.3 Å². The maximum atomic E-state index is 12.8. The van der Waals surface area contributed by atoms with Crippen molar-refractivity contribution >= 4 is 23.5 Å². The van der Waals surface area contributed by atoms with Gasteiger partial charge in [-0.3, -0.25) is 9.48 Å². The molecule has 0 aliphatic carbocycles. The summed E-state index contributed by atoms with van der Waals surface area (Å²) in [5.74, 6) is -0.904. The Balaban J connectivity index is 1.80. The second-order valence-corrected chi connectivity index (χ2v) is 6.72. The Morgan fingerprint density at radius 3 is 2.46 bits per heavy atom. The Morgan fingerprint density at radius 2 is 1.82 bits per heavy atom. The van der Waals surface area contributed by atoms with Crippen LogP contribution in [0.1, 0.15) is 16.1 Å². The number of amides is 1. The lowest BCUT2D eigenvalue weighted by Crippen LogP contribution is -2.43. The average molecular weight is 398 g/mol. The predicted octanol–water partition coefficient (Wildman–Crippen LogP) is 3.25. The first-order valence-corrected chi connectivity index (χ1v) is 9.08. The van der Waals surface area contributed by atoms with Gasteiger partial charge in [0.1, 0.15) is 11.7 Å². The van der Waals surface area contributed by atoms with Crippen LogP contribution in [0.15, 0.2) is 60.7 Å². The molecule has 1 aromatic heterocycles. The van der Waals surface area contributed by atoms with Gasteiger partial charge in [0.25, 0.3) is 5.91 Å². The number of hydrogen-bond acceptors (Lipinski definition) is 4. The lowest BCUT2D eigenvalue weighted by molar-refractivity contribution is -0.142. The number of nitrogens with zero attached hydrogens (tertiary/aromatic N) is 2. The van der Waals surface area contributed by atoms with Gasteiger partial charge in [-0.1, -0.05) is 54.1 Å². The molecule has 3 aromatic rings. The van der Waals surface area contributed by atoms with Crippen molar-refractivity contribution in [2.75, 3.05) is 7.11 Å². The number of rotatable bonds is 6. The van der Waals surface area contributed by atoms with Crippen LogP contribution in [0.2, 0.25) is 5.02 Å². The van der Waals surface area contributed by atoms with E-state index in [-0.39, 0.29) is 0 Å². The number of aromatic nitrogens is 2. The molecule has 7 heteroatoms. The molecular formula is C21H20ClN3O3. The fourth-order valence-electron chi connectivity index (χ4n) is 2.86. The molecular weight excluding hydrogens is 378 g/mol. The molecule has 28 heavy (non-hydrogen) atoms. The van der Waals surface area contributed by atoms with Gasteiger partial charge in [0.15, 0.2) is 0 Å². The summed E-state index contributed by atoms with van der Waals surface area (Å²) in [6.07, 6.45) is 0.334. The highest BCUT2D eigenvalue weighted by atomic mass is 35.5. The number of nitrogens with one attached hydrogen (secondary N) is 1. The zero-order valence-electron chi connectivity index (χ0n) is 15.6. The van der Waals surface area contributed by atoms with Crippen LogP contribution >= 0.6 is 11.6 Å². The highest BCUT2D eigenvalue weighted by Crippen LogP contribution is 2.21. The summed E-state index contributed by atoms with van der Waals surface area (Å²) in [6, 6.07) is 17.5. The summed E-state index contributed by atoms with van der Waals surface area (Å²) < 4.78 is 6.33. The monoisotopic (exact) mass is 397 g/mol. The first kappa shape index (κ1) is 19.6. The molecule has 1 heterocycles. The number of ether oxygens (including phenoxy) is 1. The highest BCUT2D eigenvalue weighted by molar-refractivity contribution is 6.30. The van der Waals surface area contributed by atoms with Crippen LogP contribution in [-0.2, 0) is 23.0 Å². The topological polar surface area (TPSA) is 73.2 Å². The van der Waals surface area contributed by atoms with Crippen LogP contribution in [0.25, 0.3) is 11.3 Å². The summed E-state index contributed by atoms with van der Waals surface area (Å²) in [6.45, 7) is 0. The molecule has 2 aromatic carbocycles. The number of aryl methyl sites for hydroxylation is 1. The van der Waals surface area contributed by atoms with E-state index in [4.69, 9.17) is 16.3 Å². The third kappa shape index (κ3) is 4.58. The smallest absolute Gasteiger partial charge is 0.328 e. The minimum absolute atomic E-state index is 0.334. The van der Waals surface area contributed by atoms with Crippen LogP contribution in [0.5, 0.6) is 0 Å². The summed E-state index contributed by atoms with van der Waals surface area (Å²) in [7, 11) is 2.98. The summed E-state index contributed by atoms with van der Waals surface area (Å²) in [5.41, 5.74) is 2.74. The molecule has 0 spiro atoms. The van der Waals surface area contributed by atoms with Crippen molar-refractivity contribution in [3.8, 4) is 11.3 Å². The number of methoxy groups -OCH3 is 1. The highest BCUT2D eigenvalue weighted by Gasteiger charge is 2.24. The lowest BCUT2D eigenvalue weighted by Gasteiger charge is -2.16. The van der Waals surface area contributed by atoms with Crippen molar-refractivity contribution in [2.24, 2.45) is 7.05 Å². The number of carbonyl (C=O) groups excluding carboxylic acids is 2. The van der Waals surface area contributed by atoms with Crippen LogP contribution in [0, 0.1) is 0 Å². The van der Waals surface area contributed by atoms with Gasteiger partial charge >= 0.3 is 5.97 Å². The van der Waals surface area contributed by atoms with Crippen molar-refractivity contribution in [1.82, 2.24) is 15.1 Å². The molecule has 144 valence electrons. The third-order valence-electron chi connectivity index (χ3n) is 4.33. The first-order valence-electron chi connectivity index (χ1n) is 8.70. The fraction of sp³-hybridized carbons (Fsp3) is 0.190. The molecule has 0 saturated carbocycles. The Kier molecular flexibility index (Phi) is 6.11.